The van der Waals surface area contributed by atoms with E-state index in [1.807, 2.05) is 30.3 Å². The number of nitrogens with zero attached hydrogens (tertiary/aromatic N) is 1. The average molecular weight is 367 g/mol. The summed E-state index contributed by atoms with van der Waals surface area (Å²) in [6.07, 6.45) is 2.83. The van der Waals surface area contributed by atoms with Gasteiger partial charge in [0.05, 0.1) is 4.92 Å². The molecule has 0 N–H and O–H groups in total. The van der Waals surface area contributed by atoms with Gasteiger partial charge in [0.2, 0.25) is 0 Å². The van der Waals surface area contributed by atoms with E-state index in [0.717, 1.165) is 24.8 Å². The minimum Gasteiger partial charge on any atom is -0.482 e. The van der Waals surface area contributed by atoms with Crippen LogP contribution >= 0.6 is 0 Å². The summed E-state index contributed by atoms with van der Waals surface area (Å²) < 4.78 is 16.6. The van der Waals surface area contributed by atoms with Crippen LogP contribution in [0.3, 0.4) is 0 Å². The van der Waals surface area contributed by atoms with Crippen LogP contribution in [0.2, 0.25) is 0 Å². The summed E-state index contributed by atoms with van der Waals surface area (Å²) in [4.78, 5) is 10.9. The van der Waals surface area contributed by atoms with Crippen molar-refractivity contribution in [2.24, 2.45) is 0 Å². The van der Waals surface area contributed by atoms with E-state index in [9.17, 15) is 10.1 Å². The first-order valence-electron chi connectivity index (χ1n) is 8.89. The molecule has 1 aliphatic rings. The summed E-state index contributed by atoms with van der Waals surface area (Å²) in [5, 5.41) is 11.4. The molecular weight excluding hydrogens is 346 g/mol. The van der Waals surface area contributed by atoms with Crippen LogP contribution in [-0.2, 0) is 16.1 Å². The molecule has 1 fully saturated rings. The van der Waals surface area contributed by atoms with Gasteiger partial charge in [-0.25, -0.2) is 0 Å². The minimum atomic E-state index is -0.460. The zero-order valence-electron chi connectivity index (χ0n) is 14.9. The first-order chi connectivity index (χ1) is 13.2. The second-order valence-corrected chi connectivity index (χ2v) is 6.12. The van der Waals surface area contributed by atoms with Crippen LogP contribution in [0, 0.1) is 22.0 Å². The van der Waals surface area contributed by atoms with Crippen LogP contribution in [0.1, 0.15) is 30.4 Å². The van der Waals surface area contributed by atoms with Gasteiger partial charge >= 0.3 is 5.69 Å². The predicted octanol–water partition coefficient (Wildman–Crippen LogP) is 4.07. The van der Waals surface area contributed by atoms with E-state index in [-0.39, 0.29) is 30.9 Å². The van der Waals surface area contributed by atoms with Crippen molar-refractivity contribution in [3.63, 3.8) is 0 Å². The van der Waals surface area contributed by atoms with Crippen LogP contribution < -0.4 is 4.74 Å². The lowest BCUT2D eigenvalue weighted by Crippen LogP contribution is -2.22. The summed E-state index contributed by atoms with van der Waals surface area (Å²) in [6, 6.07) is 14.2. The van der Waals surface area contributed by atoms with Crippen molar-refractivity contribution >= 4 is 5.69 Å². The zero-order chi connectivity index (χ0) is 18.9. The van der Waals surface area contributed by atoms with Gasteiger partial charge in [0.25, 0.3) is 0 Å². The fourth-order valence-corrected chi connectivity index (χ4v) is 2.71. The van der Waals surface area contributed by atoms with E-state index in [1.165, 1.54) is 6.07 Å². The molecule has 0 bridgehead atoms. The summed E-state index contributed by atoms with van der Waals surface area (Å²) >= 11 is 0. The van der Waals surface area contributed by atoms with E-state index >= 15 is 0 Å². The third-order valence-electron chi connectivity index (χ3n) is 4.10. The SMILES string of the molecule is O=[N+]([O-])c1cc(C#CCOC2CCCCO2)ccc1OCc1ccccc1. The highest BCUT2D eigenvalue weighted by atomic mass is 16.7. The Morgan fingerprint density at radius 3 is 2.78 bits per heavy atom. The Morgan fingerprint density at radius 2 is 2.04 bits per heavy atom. The molecule has 0 saturated carbocycles. The summed E-state index contributed by atoms with van der Waals surface area (Å²) in [6.45, 7) is 1.21. The lowest BCUT2D eigenvalue weighted by molar-refractivity contribution is -0.386. The number of nitro benzene ring substituents is 1. The van der Waals surface area contributed by atoms with Crippen molar-refractivity contribution < 1.29 is 19.1 Å². The topological polar surface area (TPSA) is 70.8 Å². The number of nitro groups is 1. The quantitative estimate of drug-likeness (QED) is 0.437. The molecule has 1 saturated heterocycles. The van der Waals surface area contributed by atoms with Gasteiger partial charge in [0, 0.05) is 18.2 Å². The number of benzene rings is 2. The number of ether oxygens (including phenoxy) is 3. The van der Waals surface area contributed by atoms with Gasteiger partial charge in [-0.05, 0) is 37.0 Å². The predicted molar refractivity (Wildman–Crippen MR) is 100 cm³/mol. The number of hydrogen-bond donors (Lipinski definition) is 0. The Kier molecular flexibility index (Phi) is 6.80. The summed E-state index contributed by atoms with van der Waals surface area (Å²) in [5.74, 6) is 5.99. The smallest absolute Gasteiger partial charge is 0.312 e. The van der Waals surface area contributed by atoms with Crippen molar-refractivity contribution in [2.75, 3.05) is 13.2 Å². The van der Waals surface area contributed by atoms with Crippen LogP contribution in [0.25, 0.3) is 0 Å². The molecule has 0 aliphatic carbocycles. The molecule has 0 amide bonds. The van der Waals surface area contributed by atoms with Crippen LogP contribution in [0.4, 0.5) is 5.69 Å². The van der Waals surface area contributed by atoms with Crippen molar-refractivity contribution in [1.82, 2.24) is 0 Å². The largest absolute Gasteiger partial charge is 0.482 e. The Morgan fingerprint density at radius 1 is 1.19 bits per heavy atom. The molecule has 6 heteroatoms. The van der Waals surface area contributed by atoms with E-state index in [2.05, 4.69) is 11.8 Å². The summed E-state index contributed by atoms with van der Waals surface area (Å²) in [7, 11) is 0. The standard InChI is InChI=1S/C21H21NO5/c23-22(24)19-15-17(9-6-14-26-21-10-4-5-13-25-21)11-12-20(19)27-16-18-7-2-1-3-8-18/h1-3,7-8,11-12,15,21H,4-5,10,13-14,16H2. The number of rotatable bonds is 6. The van der Waals surface area contributed by atoms with Gasteiger partial charge in [-0.3, -0.25) is 10.1 Å². The second kappa shape index (κ2) is 9.72. The fraction of sp³-hybridized carbons (Fsp3) is 0.333. The molecule has 1 aliphatic heterocycles. The maximum atomic E-state index is 11.4. The van der Waals surface area contributed by atoms with Gasteiger partial charge in [-0.15, -0.1) is 0 Å². The van der Waals surface area contributed by atoms with Gasteiger partial charge < -0.3 is 14.2 Å². The fourth-order valence-electron chi connectivity index (χ4n) is 2.71. The van der Waals surface area contributed by atoms with Crippen LogP contribution in [0.15, 0.2) is 48.5 Å². The van der Waals surface area contributed by atoms with E-state index < -0.39 is 4.92 Å². The second-order valence-electron chi connectivity index (χ2n) is 6.12. The van der Waals surface area contributed by atoms with E-state index in [1.54, 1.807) is 12.1 Å². The van der Waals surface area contributed by atoms with Gasteiger partial charge in [-0.2, -0.15) is 0 Å². The van der Waals surface area contributed by atoms with Crippen molar-refractivity contribution in [3.05, 3.63) is 69.8 Å². The molecule has 6 nitrogen and oxygen atoms in total. The number of hydrogen-bond acceptors (Lipinski definition) is 5. The Hall–Kier alpha value is -2.88. The minimum absolute atomic E-state index is 0.103. The maximum absolute atomic E-state index is 11.4. The molecular formula is C21H21NO5. The lowest BCUT2D eigenvalue weighted by atomic mass is 10.2. The highest BCUT2D eigenvalue weighted by molar-refractivity contribution is 5.52. The maximum Gasteiger partial charge on any atom is 0.312 e. The third kappa shape index (κ3) is 5.81. The van der Waals surface area contributed by atoms with E-state index in [4.69, 9.17) is 14.2 Å². The molecule has 1 heterocycles. The van der Waals surface area contributed by atoms with Gasteiger partial charge in [0.1, 0.15) is 13.2 Å². The molecule has 1 atom stereocenters. The first kappa shape index (κ1) is 18.9. The third-order valence-corrected chi connectivity index (χ3v) is 4.10. The normalized spacial score (nSPS) is 16.2. The van der Waals surface area contributed by atoms with Gasteiger partial charge in [-0.1, -0.05) is 42.2 Å². The van der Waals surface area contributed by atoms with Crippen LogP contribution in [0.5, 0.6) is 5.75 Å². The Labute approximate surface area is 158 Å². The monoisotopic (exact) mass is 367 g/mol. The summed E-state index contributed by atoms with van der Waals surface area (Å²) in [5.41, 5.74) is 1.38. The highest BCUT2D eigenvalue weighted by Gasteiger charge is 2.16. The van der Waals surface area contributed by atoms with E-state index in [0.29, 0.717) is 12.2 Å². The molecule has 27 heavy (non-hydrogen) atoms. The van der Waals surface area contributed by atoms with Crippen molar-refractivity contribution in [2.45, 2.75) is 32.2 Å². The zero-order valence-corrected chi connectivity index (χ0v) is 14.9. The molecule has 2 aromatic carbocycles. The Balaban J connectivity index is 1.61. The highest BCUT2D eigenvalue weighted by Crippen LogP contribution is 2.28. The van der Waals surface area contributed by atoms with Crippen LogP contribution in [-0.4, -0.2) is 24.4 Å². The molecule has 0 radical (unpaired) electrons. The molecule has 1 unspecified atom stereocenters. The average Bonchev–Trinajstić information content (AvgIpc) is 2.71. The molecule has 0 spiro atoms. The molecule has 140 valence electrons. The van der Waals surface area contributed by atoms with Gasteiger partial charge in [0.15, 0.2) is 12.0 Å². The lowest BCUT2D eigenvalue weighted by Gasteiger charge is -2.21. The molecule has 2 aromatic rings. The molecule has 0 aromatic heterocycles. The molecule has 3 rings (SSSR count). The van der Waals surface area contributed by atoms with Crippen molar-refractivity contribution in [1.29, 1.82) is 0 Å². The van der Waals surface area contributed by atoms with Crippen molar-refractivity contribution in [3.8, 4) is 17.6 Å². The Bertz CT molecular complexity index is 819. The first-order valence-corrected chi connectivity index (χ1v) is 8.89.